The molecule has 0 aliphatic carbocycles. The summed E-state index contributed by atoms with van der Waals surface area (Å²) in [5.74, 6) is 0.120. The van der Waals surface area contributed by atoms with Crippen molar-refractivity contribution in [2.75, 3.05) is 12.3 Å². The van der Waals surface area contributed by atoms with E-state index in [0.717, 1.165) is 6.42 Å². The van der Waals surface area contributed by atoms with Crippen molar-refractivity contribution in [3.8, 4) is 6.01 Å². The van der Waals surface area contributed by atoms with E-state index in [1.807, 2.05) is 6.92 Å². The normalized spacial score (nSPS) is 10.3. The molecule has 0 bridgehead atoms. The van der Waals surface area contributed by atoms with E-state index in [9.17, 15) is 0 Å². The first-order valence-corrected chi connectivity index (χ1v) is 6.19. The Labute approximate surface area is 108 Å². The minimum absolute atomic E-state index is 0.120. The standard InChI is InChI=1S/C10H12N6OS/c1-2-6-17-8-14-7(11)15-10(16-8)18-9-12-4-3-5-13-9/h3-5H,2,6H2,1H3,(H2,11,14,15,16). The molecule has 0 amide bonds. The van der Waals surface area contributed by atoms with E-state index in [-0.39, 0.29) is 12.0 Å². The highest BCUT2D eigenvalue weighted by Gasteiger charge is 2.08. The molecule has 94 valence electrons. The van der Waals surface area contributed by atoms with Gasteiger partial charge < -0.3 is 10.5 Å². The van der Waals surface area contributed by atoms with Crippen LogP contribution in [-0.2, 0) is 0 Å². The molecule has 2 heterocycles. The van der Waals surface area contributed by atoms with Gasteiger partial charge in [0.05, 0.1) is 6.61 Å². The number of nitrogens with zero attached hydrogens (tertiary/aromatic N) is 5. The minimum atomic E-state index is 0.120. The molecule has 0 saturated heterocycles. The summed E-state index contributed by atoms with van der Waals surface area (Å²) in [6, 6.07) is 1.96. The van der Waals surface area contributed by atoms with Gasteiger partial charge in [0.25, 0.3) is 0 Å². The van der Waals surface area contributed by atoms with Crippen molar-refractivity contribution >= 4 is 17.7 Å². The number of hydrogen-bond donors (Lipinski definition) is 1. The predicted molar refractivity (Wildman–Crippen MR) is 66.2 cm³/mol. The molecule has 2 N–H and O–H groups in total. The zero-order valence-electron chi connectivity index (χ0n) is 9.78. The third-order valence-electron chi connectivity index (χ3n) is 1.77. The number of rotatable bonds is 5. The van der Waals surface area contributed by atoms with Crippen molar-refractivity contribution in [2.45, 2.75) is 23.7 Å². The lowest BCUT2D eigenvalue weighted by atomic mass is 10.5. The van der Waals surface area contributed by atoms with E-state index in [2.05, 4.69) is 24.9 Å². The Hall–Kier alpha value is -1.96. The van der Waals surface area contributed by atoms with E-state index in [1.165, 1.54) is 11.8 Å². The lowest BCUT2D eigenvalue weighted by Crippen LogP contribution is -2.05. The smallest absolute Gasteiger partial charge is 0.322 e. The summed E-state index contributed by atoms with van der Waals surface area (Å²) in [5.41, 5.74) is 5.59. The van der Waals surface area contributed by atoms with E-state index in [4.69, 9.17) is 10.5 Å². The second kappa shape index (κ2) is 6.10. The second-order valence-electron chi connectivity index (χ2n) is 3.24. The van der Waals surface area contributed by atoms with E-state index in [0.29, 0.717) is 16.9 Å². The van der Waals surface area contributed by atoms with Crippen LogP contribution in [0.2, 0.25) is 0 Å². The highest BCUT2D eigenvalue weighted by molar-refractivity contribution is 7.99. The fraction of sp³-hybridized carbons (Fsp3) is 0.300. The van der Waals surface area contributed by atoms with Gasteiger partial charge in [-0.1, -0.05) is 6.92 Å². The molecule has 0 radical (unpaired) electrons. The largest absolute Gasteiger partial charge is 0.463 e. The number of aromatic nitrogens is 5. The number of nitrogen functional groups attached to an aromatic ring is 1. The Kier molecular flexibility index (Phi) is 4.24. The van der Waals surface area contributed by atoms with Gasteiger partial charge in [-0.05, 0) is 24.2 Å². The van der Waals surface area contributed by atoms with Gasteiger partial charge in [-0.3, -0.25) is 0 Å². The third kappa shape index (κ3) is 3.52. The Balaban J connectivity index is 2.15. The maximum absolute atomic E-state index is 5.59. The Bertz CT molecular complexity index is 509. The van der Waals surface area contributed by atoms with Crippen LogP contribution in [0.15, 0.2) is 28.8 Å². The van der Waals surface area contributed by atoms with Gasteiger partial charge in [0, 0.05) is 12.4 Å². The first-order chi connectivity index (χ1) is 8.78. The van der Waals surface area contributed by atoms with Crippen LogP contribution in [0.4, 0.5) is 5.95 Å². The molecule has 0 unspecified atom stereocenters. The summed E-state index contributed by atoms with van der Waals surface area (Å²) >= 11 is 1.20. The molecule has 0 aliphatic heterocycles. The van der Waals surface area contributed by atoms with Crippen molar-refractivity contribution in [1.82, 2.24) is 24.9 Å². The molecule has 0 aliphatic rings. The maximum Gasteiger partial charge on any atom is 0.322 e. The summed E-state index contributed by atoms with van der Waals surface area (Å²) in [5, 5.41) is 0.962. The van der Waals surface area contributed by atoms with Crippen molar-refractivity contribution in [1.29, 1.82) is 0 Å². The maximum atomic E-state index is 5.59. The molecule has 2 rings (SSSR count). The summed E-state index contributed by atoms with van der Waals surface area (Å²) in [4.78, 5) is 20.1. The summed E-state index contributed by atoms with van der Waals surface area (Å²) in [6.45, 7) is 2.54. The highest BCUT2D eigenvalue weighted by atomic mass is 32.2. The van der Waals surface area contributed by atoms with Gasteiger partial charge in [0.15, 0.2) is 5.16 Å². The van der Waals surface area contributed by atoms with Crippen LogP contribution in [0.3, 0.4) is 0 Å². The van der Waals surface area contributed by atoms with E-state index in [1.54, 1.807) is 18.5 Å². The SMILES string of the molecule is CCCOc1nc(N)nc(Sc2ncccn2)n1. The zero-order chi connectivity index (χ0) is 12.8. The fourth-order valence-corrected chi connectivity index (χ4v) is 1.73. The highest BCUT2D eigenvalue weighted by Crippen LogP contribution is 2.21. The summed E-state index contributed by atoms with van der Waals surface area (Å²) in [6.07, 6.45) is 4.17. The number of ether oxygens (including phenoxy) is 1. The molecule has 2 aromatic rings. The van der Waals surface area contributed by atoms with Crippen LogP contribution in [0.25, 0.3) is 0 Å². The van der Waals surface area contributed by atoms with E-state index >= 15 is 0 Å². The molecule has 0 fully saturated rings. The lowest BCUT2D eigenvalue weighted by Gasteiger charge is -2.04. The van der Waals surface area contributed by atoms with Gasteiger partial charge in [0.2, 0.25) is 11.1 Å². The molecule has 2 aromatic heterocycles. The third-order valence-corrected chi connectivity index (χ3v) is 2.53. The number of nitrogens with two attached hydrogens (primary N) is 1. The quantitative estimate of drug-likeness (QED) is 0.804. The molecule has 0 saturated carbocycles. The minimum Gasteiger partial charge on any atom is -0.463 e. The van der Waals surface area contributed by atoms with Gasteiger partial charge in [-0.2, -0.15) is 15.0 Å². The summed E-state index contributed by atoms with van der Waals surface area (Å²) < 4.78 is 5.32. The molecule has 0 aromatic carbocycles. The Morgan fingerprint density at radius 2 is 1.94 bits per heavy atom. The first-order valence-electron chi connectivity index (χ1n) is 5.37. The molecule has 18 heavy (non-hydrogen) atoms. The monoisotopic (exact) mass is 264 g/mol. The van der Waals surface area contributed by atoms with E-state index < -0.39 is 0 Å². The first kappa shape index (κ1) is 12.5. The Morgan fingerprint density at radius 3 is 2.67 bits per heavy atom. The van der Waals surface area contributed by atoms with Gasteiger partial charge >= 0.3 is 6.01 Å². The Morgan fingerprint density at radius 1 is 1.17 bits per heavy atom. The van der Waals surface area contributed by atoms with Crippen molar-refractivity contribution < 1.29 is 4.74 Å². The van der Waals surface area contributed by atoms with Crippen LogP contribution in [0.1, 0.15) is 13.3 Å². The van der Waals surface area contributed by atoms with Gasteiger partial charge in [0.1, 0.15) is 0 Å². The van der Waals surface area contributed by atoms with Crippen LogP contribution >= 0.6 is 11.8 Å². The molecule has 7 nitrogen and oxygen atoms in total. The number of anilines is 1. The predicted octanol–water partition coefficient (Wildman–Crippen LogP) is 1.18. The molecular weight excluding hydrogens is 252 g/mol. The molecular formula is C10H12N6OS. The second-order valence-corrected chi connectivity index (χ2v) is 4.18. The van der Waals surface area contributed by atoms with Gasteiger partial charge in [-0.25, -0.2) is 9.97 Å². The van der Waals surface area contributed by atoms with Gasteiger partial charge in [-0.15, -0.1) is 0 Å². The average Bonchev–Trinajstić information content (AvgIpc) is 2.37. The number of hydrogen-bond acceptors (Lipinski definition) is 8. The molecule has 0 atom stereocenters. The van der Waals surface area contributed by atoms with Crippen molar-refractivity contribution in [2.24, 2.45) is 0 Å². The topological polar surface area (TPSA) is 99.7 Å². The van der Waals surface area contributed by atoms with Crippen LogP contribution in [0, 0.1) is 0 Å². The molecule has 8 heteroatoms. The zero-order valence-corrected chi connectivity index (χ0v) is 10.6. The summed E-state index contributed by atoms with van der Waals surface area (Å²) in [7, 11) is 0. The average molecular weight is 264 g/mol. The lowest BCUT2D eigenvalue weighted by molar-refractivity contribution is 0.288. The van der Waals surface area contributed by atoms with Crippen LogP contribution < -0.4 is 10.5 Å². The molecule has 0 spiro atoms. The van der Waals surface area contributed by atoms with Crippen molar-refractivity contribution in [3.05, 3.63) is 18.5 Å². The van der Waals surface area contributed by atoms with Crippen LogP contribution in [-0.4, -0.2) is 31.5 Å². The fourth-order valence-electron chi connectivity index (χ4n) is 1.08. The van der Waals surface area contributed by atoms with Crippen LogP contribution in [0.5, 0.6) is 6.01 Å². The van der Waals surface area contributed by atoms with Crippen molar-refractivity contribution in [3.63, 3.8) is 0 Å².